The van der Waals surface area contributed by atoms with Gasteiger partial charge in [0.25, 0.3) is 0 Å². The summed E-state index contributed by atoms with van der Waals surface area (Å²) in [5.41, 5.74) is 5.42. The topological polar surface area (TPSA) is 50.9 Å². The van der Waals surface area contributed by atoms with Crippen molar-refractivity contribution in [2.24, 2.45) is 5.92 Å². The van der Waals surface area contributed by atoms with Crippen molar-refractivity contribution in [1.29, 1.82) is 0 Å². The second-order valence-corrected chi connectivity index (χ2v) is 5.44. The standard InChI is InChI=1S/C14H20F3N3/c1-2-9-4-3-5-10(6-9)20-12-7-13(14(15,16)17)19-8-11(12)18/h7-10H,2-6,18H2,1H3,(H,19,20). The maximum atomic E-state index is 12.7. The van der Waals surface area contributed by atoms with Gasteiger partial charge >= 0.3 is 6.18 Å². The lowest BCUT2D eigenvalue weighted by Gasteiger charge is -2.30. The number of hydrogen-bond donors (Lipinski definition) is 2. The zero-order valence-electron chi connectivity index (χ0n) is 11.5. The summed E-state index contributed by atoms with van der Waals surface area (Å²) in [5.74, 6) is 0.645. The molecule has 20 heavy (non-hydrogen) atoms. The molecule has 2 unspecified atom stereocenters. The van der Waals surface area contributed by atoms with Crippen LogP contribution in [0, 0.1) is 5.92 Å². The summed E-state index contributed by atoms with van der Waals surface area (Å²) in [6.07, 6.45) is 2.01. The van der Waals surface area contributed by atoms with Crippen LogP contribution in [0.15, 0.2) is 12.3 Å². The molecule has 1 aromatic rings. The fourth-order valence-corrected chi connectivity index (χ4v) is 2.76. The van der Waals surface area contributed by atoms with E-state index in [9.17, 15) is 13.2 Å². The molecule has 1 aliphatic carbocycles. The van der Waals surface area contributed by atoms with Gasteiger partial charge in [0.15, 0.2) is 0 Å². The van der Waals surface area contributed by atoms with Crippen LogP contribution in [0.2, 0.25) is 0 Å². The summed E-state index contributed by atoms with van der Waals surface area (Å²) in [5, 5.41) is 3.16. The van der Waals surface area contributed by atoms with Crippen LogP contribution in [0.25, 0.3) is 0 Å². The van der Waals surface area contributed by atoms with E-state index in [1.165, 1.54) is 6.42 Å². The lowest BCUT2D eigenvalue weighted by atomic mass is 9.84. The Bertz CT molecular complexity index is 459. The van der Waals surface area contributed by atoms with E-state index in [2.05, 4.69) is 17.2 Å². The minimum absolute atomic E-state index is 0.194. The van der Waals surface area contributed by atoms with Gasteiger partial charge in [-0.15, -0.1) is 0 Å². The van der Waals surface area contributed by atoms with E-state index in [4.69, 9.17) is 5.73 Å². The van der Waals surface area contributed by atoms with Gasteiger partial charge in [-0.25, -0.2) is 4.98 Å². The highest BCUT2D eigenvalue weighted by Crippen LogP contribution is 2.33. The Balaban J connectivity index is 2.12. The van der Waals surface area contributed by atoms with Crippen molar-refractivity contribution in [2.75, 3.05) is 11.1 Å². The number of anilines is 2. The van der Waals surface area contributed by atoms with Crippen molar-refractivity contribution in [3.8, 4) is 0 Å². The van der Waals surface area contributed by atoms with Crippen LogP contribution in [0.5, 0.6) is 0 Å². The third-order valence-corrected chi connectivity index (χ3v) is 3.95. The van der Waals surface area contributed by atoms with Crippen molar-refractivity contribution in [3.63, 3.8) is 0 Å². The quantitative estimate of drug-likeness (QED) is 0.881. The number of aromatic nitrogens is 1. The zero-order valence-corrected chi connectivity index (χ0v) is 11.5. The van der Waals surface area contributed by atoms with Gasteiger partial charge in [0.05, 0.1) is 17.6 Å². The molecule has 2 rings (SSSR count). The van der Waals surface area contributed by atoms with Crippen molar-refractivity contribution >= 4 is 11.4 Å². The van der Waals surface area contributed by atoms with E-state index >= 15 is 0 Å². The molecule has 0 aliphatic heterocycles. The monoisotopic (exact) mass is 287 g/mol. The van der Waals surface area contributed by atoms with Crippen molar-refractivity contribution in [2.45, 2.75) is 51.2 Å². The third kappa shape index (κ3) is 3.55. The molecule has 0 radical (unpaired) electrons. The smallest absolute Gasteiger partial charge is 0.396 e. The first-order chi connectivity index (χ1) is 9.40. The molecular formula is C14H20F3N3. The molecule has 1 heterocycles. The van der Waals surface area contributed by atoms with E-state index in [-0.39, 0.29) is 11.7 Å². The van der Waals surface area contributed by atoms with Crippen LogP contribution in [0.1, 0.15) is 44.7 Å². The largest absolute Gasteiger partial charge is 0.433 e. The predicted octanol–water partition coefficient (Wildman–Crippen LogP) is 4.06. The lowest BCUT2D eigenvalue weighted by Crippen LogP contribution is -2.27. The number of hydrogen-bond acceptors (Lipinski definition) is 3. The molecule has 0 aromatic carbocycles. The number of alkyl halides is 3. The molecular weight excluding hydrogens is 267 g/mol. The highest BCUT2D eigenvalue weighted by atomic mass is 19.4. The summed E-state index contributed by atoms with van der Waals surface area (Å²) in [6.45, 7) is 2.15. The molecule has 2 atom stereocenters. The van der Waals surface area contributed by atoms with E-state index in [1.54, 1.807) is 0 Å². The van der Waals surface area contributed by atoms with Gasteiger partial charge in [0, 0.05) is 6.04 Å². The van der Waals surface area contributed by atoms with Crippen molar-refractivity contribution in [3.05, 3.63) is 18.0 Å². The van der Waals surface area contributed by atoms with Crippen LogP contribution in [0.4, 0.5) is 24.5 Å². The number of rotatable bonds is 3. The van der Waals surface area contributed by atoms with Crippen molar-refractivity contribution < 1.29 is 13.2 Å². The van der Waals surface area contributed by atoms with Gasteiger partial charge in [-0.1, -0.05) is 26.2 Å². The average molecular weight is 287 g/mol. The second kappa shape index (κ2) is 5.89. The van der Waals surface area contributed by atoms with Crippen LogP contribution >= 0.6 is 0 Å². The van der Waals surface area contributed by atoms with Gasteiger partial charge in [-0.2, -0.15) is 13.2 Å². The Morgan fingerprint density at radius 3 is 2.80 bits per heavy atom. The summed E-state index contributed by atoms with van der Waals surface area (Å²) in [7, 11) is 0. The van der Waals surface area contributed by atoms with Gasteiger partial charge in [0.2, 0.25) is 0 Å². The number of nitrogens with zero attached hydrogens (tertiary/aromatic N) is 1. The van der Waals surface area contributed by atoms with Gasteiger partial charge < -0.3 is 11.1 Å². The van der Waals surface area contributed by atoms with Crippen molar-refractivity contribution in [1.82, 2.24) is 4.98 Å². The molecule has 6 heteroatoms. The molecule has 112 valence electrons. The van der Waals surface area contributed by atoms with E-state index in [1.807, 2.05) is 0 Å². The fraction of sp³-hybridized carbons (Fsp3) is 0.643. The van der Waals surface area contributed by atoms with Gasteiger partial charge in [-0.05, 0) is 24.8 Å². The Morgan fingerprint density at radius 2 is 2.15 bits per heavy atom. The molecule has 0 saturated heterocycles. The average Bonchev–Trinajstić information content (AvgIpc) is 2.40. The number of halogens is 3. The Labute approximate surface area is 116 Å². The predicted molar refractivity (Wildman–Crippen MR) is 73.3 cm³/mol. The molecule has 3 N–H and O–H groups in total. The van der Waals surface area contributed by atoms with Crippen LogP contribution < -0.4 is 11.1 Å². The normalized spacial score (nSPS) is 23.6. The number of nitrogens with two attached hydrogens (primary N) is 1. The number of nitrogens with one attached hydrogen (secondary N) is 1. The van der Waals surface area contributed by atoms with E-state index in [0.717, 1.165) is 37.9 Å². The molecule has 1 fully saturated rings. The minimum Gasteiger partial charge on any atom is -0.396 e. The molecule has 1 aromatic heterocycles. The minimum atomic E-state index is -4.44. The van der Waals surface area contributed by atoms with Gasteiger partial charge in [-0.3, -0.25) is 0 Å². The molecule has 0 bridgehead atoms. The molecule has 0 amide bonds. The Morgan fingerprint density at radius 1 is 1.40 bits per heavy atom. The molecule has 1 saturated carbocycles. The molecule has 1 aliphatic rings. The van der Waals surface area contributed by atoms with Crippen LogP contribution in [-0.4, -0.2) is 11.0 Å². The first-order valence-corrected chi connectivity index (χ1v) is 6.99. The molecule has 0 spiro atoms. The lowest BCUT2D eigenvalue weighted by molar-refractivity contribution is -0.141. The van der Waals surface area contributed by atoms with E-state index in [0.29, 0.717) is 11.6 Å². The van der Waals surface area contributed by atoms with Crippen LogP contribution in [-0.2, 0) is 6.18 Å². The van der Waals surface area contributed by atoms with Gasteiger partial charge in [0.1, 0.15) is 5.69 Å². The SMILES string of the molecule is CCC1CCCC(Nc2cc(C(F)(F)F)ncc2N)C1. The van der Waals surface area contributed by atoms with Crippen LogP contribution in [0.3, 0.4) is 0 Å². The van der Waals surface area contributed by atoms with E-state index < -0.39 is 11.9 Å². The number of pyridine rings is 1. The summed E-state index contributed by atoms with van der Waals surface area (Å²) in [6, 6.07) is 1.20. The summed E-state index contributed by atoms with van der Waals surface area (Å²) >= 11 is 0. The highest BCUT2D eigenvalue weighted by Gasteiger charge is 2.33. The highest BCUT2D eigenvalue weighted by molar-refractivity contribution is 5.65. The maximum Gasteiger partial charge on any atom is 0.433 e. The first kappa shape index (κ1) is 14.9. The third-order valence-electron chi connectivity index (χ3n) is 3.95. The number of nitrogen functional groups attached to an aromatic ring is 1. The first-order valence-electron chi connectivity index (χ1n) is 6.99. The zero-order chi connectivity index (χ0) is 14.8. The molecule has 3 nitrogen and oxygen atoms in total. The summed E-state index contributed by atoms with van der Waals surface area (Å²) < 4.78 is 38.0. The fourth-order valence-electron chi connectivity index (χ4n) is 2.76. The Hall–Kier alpha value is -1.46. The second-order valence-electron chi connectivity index (χ2n) is 5.44. The summed E-state index contributed by atoms with van der Waals surface area (Å²) in [4.78, 5) is 3.34. The Kier molecular flexibility index (Phi) is 4.40. The maximum absolute atomic E-state index is 12.7.